The largest absolute Gasteiger partial charge is 0.467 e. The van der Waals surface area contributed by atoms with E-state index in [1.165, 1.54) is 17.0 Å². The van der Waals surface area contributed by atoms with Gasteiger partial charge in [-0.15, -0.1) is 0 Å². The van der Waals surface area contributed by atoms with Crippen LogP contribution < -0.4 is 14.8 Å². The zero-order chi connectivity index (χ0) is 29.0. The Balaban J connectivity index is 1.81. The van der Waals surface area contributed by atoms with Gasteiger partial charge >= 0.3 is 0 Å². The van der Waals surface area contributed by atoms with Crippen LogP contribution in [0, 0.1) is 17.0 Å². The molecule has 0 radical (unpaired) electrons. The molecule has 0 saturated heterocycles. The van der Waals surface area contributed by atoms with Crippen molar-refractivity contribution in [3.63, 3.8) is 0 Å². The molecule has 0 bridgehead atoms. The van der Waals surface area contributed by atoms with Crippen LogP contribution in [0.5, 0.6) is 11.6 Å². The van der Waals surface area contributed by atoms with Gasteiger partial charge in [-0.1, -0.05) is 24.6 Å². The predicted octanol–water partition coefficient (Wildman–Crippen LogP) is 5.13. The number of non-ortho nitro benzene ring substituents is 1. The van der Waals surface area contributed by atoms with Crippen LogP contribution in [0.25, 0.3) is 5.69 Å². The van der Waals surface area contributed by atoms with Gasteiger partial charge in [-0.05, 0) is 56.7 Å². The molecule has 4 aromatic rings. The monoisotopic (exact) mass is 587 g/mol. The van der Waals surface area contributed by atoms with E-state index in [1.807, 2.05) is 0 Å². The number of rotatable bonds is 11. The van der Waals surface area contributed by atoms with Gasteiger partial charge in [0.1, 0.15) is 16.4 Å². The lowest BCUT2D eigenvalue weighted by Crippen LogP contribution is -2.32. The number of amides is 1. The summed E-state index contributed by atoms with van der Waals surface area (Å²) in [5.74, 6) is -0.185. The number of hydrogen-bond acceptors (Lipinski definition) is 8. The Morgan fingerprint density at radius 1 is 1.23 bits per heavy atom. The molecule has 2 N–H and O–H groups in total. The molecular weight excluding hydrogens is 562 g/mol. The van der Waals surface area contributed by atoms with E-state index in [0.717, 1.165) is 12.1 Å². The molecule has 0 aliphatic carbocycles. The van der Waals surface area contributed by atoms with Crippen LogP contribution in [0.2, 0.25) is 5.02 Å². The van der Waals surface area contributed by atoms with Crippen LogP contribution in [0.1, 0.15) is 42.1 Å². The number of carbonyl (C=O) groups is 1. The van der Waals surface area contributed by atoms with Gasteiger partial charge in [0.25, 0.3) is 11.6 Å². The van der Waals surface area contributed by atoms with E-state index in [-0.39, 0.29) is 29.4 Å². The Morgan fingerprint density at radius 2 is 2.00 bits per heavy atom. The predicted molar refractivity (Wildman–Crippen MR) is 146 cm³/mol. The quantitative estimate of drug-likeness (QED) is 0.180. The lowest BCUT2D eigenvalue weighted by atomic mass is 10.2. The van der Waals surface area contributed by atoms with Crippen molar-refractivity contribution in [2.75, 3.05) is 0 Å². The molecule has 1 amide bonds. The second-order valence-electron chi connectivity index (χ2n) is 8.85. The molecule has 0 aliphatic rings. The van der Waals surface area contributed by atoms with E-state index in [4.69, 9.17) is 20.8 Å². The fraction of sp³-hybridized carbons (Fsp3) is 0.231. The molecule has 12 nitrogen and oxygen atoms in total. The minimum absolute atomic E-state index is 0.00517. The Bertz CT molecular complexity index is 1650. The van der Waals surface area contributed by atoms with Crippen LogP contribution in [-0.4, -0.2) is 35.1 Å². The number of nitrogens with one attached hydrogen (secondary N) is 2. The van der Waals surface area contributed by atoms with Crippen molar-refractivity contribution in [3.8, 4) is 17.3 Å². The summed E-state index contributed by atoms with van der Waals surface area (Å²) in [6.07, 6.45) is 1.97. The van der Waals surface area contributed by atoms with Gasteiger partial charge in [-0.2, -0.15) is 9.78 Å². The van der Waals surface area contributed by atoms with Crippen molar-refractivity contribution in [3.05, 3.63) is 93.0 Å². The van der Waals surface area contributed by atoms with Crippen molar-refractivity contribution in [1.29, 1.82) is 0 Å². The second-order valence-corrected chi connectivity index (χ2v) is 11.0. The molecule has 0 saturated carbocycles. The van der Waals surface area contributed by atoms with E-state index >= 15 is 0 Å². The molecule has 0 aliphatic heterocycles. The molecule has 2 aromatic heterocycles. The normalized spacial score (nSPS) is 12.2. The molecule has 0 spiro atoms. The standard InChI is InChI=1S/C26H26ClN5O7S/c1-4-16(2)30-40(36,37)23-14-20(32(34)35)10-11-22(23)39-26-17(3)24(25(33)28-15-21-9-6-12-38-21)29-31(26)19-8-5-7-18(27)13-19/h5-14,16,30H,4,15H2,1-3H3,(H,28,33)/t16-/m0/s1. The number of carbonyl (C=O) groups excluding carboxylic acids is 1. The third-order valence-corrected chi connectivity index (χ3v) is 7.79. The fourth-order valence-corrected chi connectivity index (χ4v) is 5.34. The van der Waals surface area contributed by atoms with E-state index in [9.17, 15) is 23.3 Å². The first-order valence-electron chi connectivity index (χ1n) is 12.1. The number of hydrogen-bond donors (Lipinski definition) is 2. The topological polar surface area (TPSA) is 159 Å². The Hall–Kier alpha value is -4.20. The summed E-state index contributed by atoms with van der Waals surface area (Å²) in [6, 6.07) is 12.8. The summed E-state index contributed by atoms with van der Waals surface area (Å²) in [5.41, 5.74) is 0.286. The third-order valence-electron chi connectivity index (χ3n) is 5.94. The highest BCUT2D eigenvalue weighted by molar-refractivity contribution is 7.89. The number of benzene rings is 2. The van der Waals surface area contributed by atoms with Crippen molar-refractivity contribution >= 4 is 33.2 Å². The highest BCUT2D eigenvalue weighted by Crippen LogP contribution is 2.36. The average Bonchev–Trinajstić information content (AvgIpc) is 3.55. The smallest absolute Gasteiger partial charge is 0.272 e. The number of ether oxygens (including phenoxy) is 1. The van der Waals surface area contributed by atoms with Crippen molar-refractivity contribution < 1.29 is 27.3 Å². The zero-order valence-electron chi connectivity index (χ0n) is 21.8. The number of sulfonamides is 1. The maximum absolute atomic E-state index is 13.3. The molecule has 210 valence electrons. The fourth-order valence-electron chi connectivity index (χ4n) is 3.68. The Labute approximate surface area is 235 Å². The molecule has 0 fully saturated rings. The number of halogens is 1. The summed E-state index contributed by atoms with van der Waals surface area (Å²) < 4.78 is 41.7. The third kappa shape index (κ3) is 6.33. The molecule has 40 heavy (non-hydrogen) atoms. The maximum atomic E-state index is 13.3. The number of aromatic nitrogens is 2. The minimum atomic E-state index is -4.24. The van der Waals surface area contributed by atoms with Crippen LogP contribution in [0.3, 0.4) is 0 Å². The average molecular weight is 588 g/mol. The SMILES string of the molecule is CC[C@H](C)NS(=O)(=O)c1cc([N+](=O)[O-])ccc1Oc1c(C)c(C(=O)NCc2ccco2)nn1-c1cccc(Cl)c1. The highest BCUT2D eigenvalue weighted by atomic mass is 35.5. The molecule has 2 aromatic carbocycles. The van der Waals surface area contributed by atoms with Crippen LogP contribution in [0.4, 0.5) is 5.69 Å². The van der Waals surface area contributed by atoms with Crippen molar-refractivity contribution in [2.45, 2.75) is 44.7 Å². The molecule has 1 atom stereocenters. The number of nitro groups is 1. The van der Waals surface area contributed by atoms with Crippen LogP contribution >= 0.6 is 11.6 Å². The summed E-state index contributed by atoms with van der Waals surface area (Å²) in [5, 5.41) is 19.0. The Morgan fingerprint density at radius 3 is 2.65 bits per heavy atom. The van der Waals surface area contributed by atoms with Crippen molar-refractivity contribution in [1.82, 2.24) is 19.8 Å². The Kier molecular flexibility index (Phi) is 8.57. The maximum Gasteiger partial charge on any atom is 0.272 e. The lowest BCUT2D eigenvalue weighted by Gasteiger charge is -2.16. The molecular formula is C26H26ClN5O7S. The number of nitrogens with zero attached hydrogens (tertiary/aromatic N) is 3. The van der Waals surface area contributed by atoms with Gasteiger partial charge in [0.15, 0.2) is 5.69 Å². The first-order chi connectivity index (χ1) is 19.0. The van der Waals surface area contributed by atoms with E-state index in [2.05, 4.69) is 15.1 Å². The van der Waals surface area contributed by atoms with E-state index < -0.39 is 37.5 Å². The number of furan rings is 1. The molecule has 0 unspecified atom stereocenters. The van der Waals surface area contributed by atoms with Crippen LogP contribution in [-0.2, 0) is 16.6 Å². The van der Waals surface area contributed by atoms with Crippen molar-refractivity contribution in [2.24, 2.45) is 0 Å². The van der Waals surface area contributed by atoms with Crippen LogP contribution in [0.15, 0.2) is 70.2 Å². The van der Waals surface area contributed by atoms with Gasteiger partial charge in [-0.25, -0.2) is 13.1 Å². The zero-order valence-corrected chi connectivity index (χ0v) is 23.3. The van der Waals surface area contributed by atoms with Gasteiger partial charge in [-0.3, -0.25) is 14.9 Å². The van der Waals surface area contributed by atoms with Gasteiger partial charge in [0, 0.05) is 28.8 Å². The van der Waals surface area contributed by atoms with E-state index in [0.29, 0.717) is 22.9 Å². The summed E-state index contributed by atoms with van der Waals surface area (Å²) >= 11 is 6.19. The number of nitro benzene ring substituents is 1. The summed E-state index contributed by atoms with van der Waals surface area (Å²) in [4.78, 5) is 23.4. The molecule has 14 heteroatoms. The molecule has 2 heterocycles. The minimum Gasteiger partial charge on any atom is -0.467 e. The summed E-state index contributed by atoms with van der Waals surface area (Å²) in [6.45, 7) is 5.16. The van der Waals surface area contributed by atoms with Gasteiger partial charge in [0.05, 0.1) is 23.4 Å². The van der Waals surface area contributed by atoms with Gasteiger partial charge in [0.2, 0.25) is 15.9 Å². The van der Waals surface area contributed by atoms with E-state index in [1.54, 1.807) is 57.2 Å². The second kappa shape index (κ2) is 11.9. The van der Waals surface area contributed by atoms with Gasteiger partial charge < -0.3 is 14.5 Å². The molecule has 4 rings (SSSR count). The highest BCUT2D eigenvalue weighted by Gasteiger charge is 2.28. The first-order valence-corrected chi connectivity index (χ1v) is 14.0. The summed E-state index contributed by atoms with van der Waals surface area (Å²) in [7, 11) is -4.24. The lowest BCUT2D eigenvalue weighted by molar-refractivity contribution is -0.385. The first kappa shape index (κ1) is 28.8.